The molecule has 0 saturated heterocycles. The van der Waals surface area contributed by atoms with Crippen LogP contribution in [0.25, 0.3) is 0 Å². The van der Waals surface area contributed by atoms with Gasteiger partial charge in [-0.15, -0.1) is 0 Å². The van der Waals surface area contributed by atoms with Crippen LogP contribution in [0.15, 0.2) is 0 Å². The van der Waals surface area contributed by atoms with Crippen LogP contribution < -0.4 is 0 Å². The molecule has 0 heterocycles. The minimum Gasteiger partial charge on any atom is -0.623 e. The molecule has 0 aromatic rings. The molecule has 0 atom stereocenters. The Morgan fingerprint density at radius 3 is 2.64 bits per heavy atom. The van der Waals surface area contributed by atoms with Crippen molar-refractivity contribution < 1.29 is 14.3 Å². The van der Waals surface area contributed by atoms with E-state index in [4.69, 9.17) is 5.26 Å². The summed E-state index contributed by atoms with van der Waals surface area (Å²) in [5, 5.41) is 18.7. The van der Waals surface area contributed by atoms with Crippen molar-refractivity contribution in [3.63, 3.8) is 0 Å². The van der Waals surface area contributed by atoms with Crippen molar-refractivity contribution in [3.05, 3.63) is 5.21 Å². The van der Waals surface area contributed by atoms with E-state index in [0.29, 0.717) is 0 Å². The third-order valence-corrected chi connectivity index (χ3v) is 0.890. The molecule has 0 spiro atoms. The van der Waals surface area contributed by atoms with Gasteiger partial charge in [0.2, 0.25) is 0 Å². The Bertz CT molecular complexity index is 222. The summed E-state index contributed by atoms with van der Waals surface area (Å²) in [5.74, 6) is -0.882. The molecule has 11 heavy (non-hydrogen) atoms. The fourth-order valence-electron chi connectivity index (χ4n) is 0.444. The van der Waals surface area contributed by atoms with Gasteiger partial charge in [-0.1, -0.05) is 0 Å². The fourth-order valence-corrected chi connectivity index (χ4v) is 0.444. The van der Waals surface area contributed by atoms with Crippen LogP contribution in [0.1, 0.15) is 6.92 Å². The minimum absolute atomic E-state index is 0.151. The maximum absolute atomic E-state index is 10.7. The van der Waals surface area contributed by atoms with Crippen molar-refractivity contribution in [2.24, 2.45) is 0 Å². The molecule has 0 saturated carbocycles. The minimum atomic E-state index is -0.882. The maximum atomic E-state index is 10.7. The number of nitrogens with zero attached hydrogens (tertiary/aromatic N) is 2. The molecule has 0 aliphatic rings. The first-order chi connectivity index (χ1) is 5.13. The van der Waals surface area contributed by atoms with Crippen molar-refractivity contribution in [2.75, 3.05) is 13.7 Å². The van der Waals surface area contributed by atoms with Gasteiger partial charge in [-0.2, -0.15) is 10.0 Å². The first kappa shape index (κ1) is 9.43. The van der Waals surface area contributed by atoms with Gasteiger partial charge in [0.25, 0.3) is 0 Å². The summed E-state index contributed by atoms with van der Waals surface area (Å²) in [6, 6.07) is 1.44. The largest absolute Gasteiger partial charge is 0.623 e. The third kappa shape index (κ3) is 2.67. The summed E-state index contributed by atoms with van der Waals surface area (Å²) in [6.07, 6.45) is 0. The number of carbonyl (C=O) groups excluding carboxylic acids is 1. The second-order valence-electron chi connectivity index (χ2n) is 1.68. The van der Waals surface area contributed by atoms with Gasteiger partial charge >= 0.3 is 11.7 Å². The lowest BCUT2D eigenvalue weighted by molar-refractivity contribution is -0.421. The molecule has 0 rings (SSSR count). The van der Waals surface area contributed by atoms with E-state index in [1.165, 1.54) is 6.07 Å². The van der Waals surface area contributed by atoms with Gasteiger partial charge in [-0.05, 0) is 6.92 Å². The number of esters is 1. The lowest BCUT2D eigenvalue weighted by Crippen LogP contribution is -2.23. The molecule has 60 valence electrons. The Morgan fingerprint density at radius 1 is 1.82 bits per heavy atom. The molecule has 5 nitrogen and oxygen atoms in total. The van der Waals surface area contributed by atoms with Crippen LogP contribution in [-0.4, -0.2) is 30.1 Å². The molecule has 0 amide bonds. The number of nitriles is 1. The highest BCUT2D eigenvalue weighted by molar-refractivity contribution is 6.40. The zero-order valence-corrected chi connectivity index (χ0v) is 6.33. The summed E-state index contributed by atoms with van der Waals surface area (Å²) < 4.78 is 4.59. The quantitative estimate of drug-likeness (QED) is 0.180. The molecule has 0 aromatic heterocycles. The predicted octanol–water partition coefficient (Wildman–Crippen LogP) is -0.346. The van der Waals surface area contributed by atoms with Crippen LogP contribution in [0.3, 0.4) is 0 Å². The average Bonchev–Trinajstić information content (AvgIpc) is 1.88. The topological polar surface area (TPSA) is 76.2 Å². The van der Waals surface area contributed by atoms with Crippen molar-refractivity contribution in [1.82, 2.24) is 0 Å². The molecule has 0 aromatic carbocycles. The van der Waals surface area contributed by atoms with Gasteiger partial charge in [-0.3, -0.25) is 0 Å². The highest BCUT2D eigenvalue weighted by atomic mass is 16.5. The summed E-state index contributed by atoms with van der Waals surface area (Å²) >= 11 is 0. The first-order valence-electron chi connectivity index (χ1n) is 2.98. The summed E-state index contributed by atoms with van der Waals surface area (Å²) in [5.41, 5.74) is -0.535. The van der Waals surface area contributed by atoms with Crippen LogP contribution >= 0.6 is 0 Å². The second kappa shape index (κ2) is 4.28. The van der Waals surface area contributed by atoms with E-state index in [9.17, 15) is 10.0 Å². The Morgan fingerprint density at radius 2 is 2.36 bits per heavy atom. The Balaban J connectivity index is 4.45. The van der Waals surface area contributed by atoms with Gasteiger partial charge in [0.05, 0.1) is 6.61 Å². The van der Waals surface area contributed by atoms with E-state index in [1.807, 2.05) is 0 Å². The summed E-state index contributed by atoms with van der Waals surface area (Å²) in [4.78, 5) is 10.7. The van der Waals surface area contributed by atoms with Crippen molar-refractivity contribution in [1.29, 1.82) is 5.26 Å². The van der Waals surface area contributed by atoms with Crippen LogP contribution in [0.4, 0.5) is 0 Å². The normalized spacial score (nSPS) is 11.4. The number of ether oxygens (including phenoxy) is 1. The molecule has 0 aliphatic heterocycles. The molecular formula is C6H8N2O3. The molecule has 0 bridgehead atoms. The third-order valence-electron chi connectivity index (χ3n) is 0.890. The maximum Gasteiger partial charge on any atom is 0.416 e. The molecular weight excluding hydrogens is 148 g/mol. The Hall–Kier alpha value is -1.57. The van der Waals surface area contributed by atoms with Crippen LogP contribution in [0.5, 0.6) is 0 Å². The monoisotopic (exact) mass is 156 g/mol. The van der Waals surface area contributed by atoms with E-state index < -0.39 is 11.7 Å². The van der Waals surface area contributed by atoms with Crippen molar-refractivity contribution in [2.45, 2.75) is 6.92 Å². The van der Waals surface area contributed by atoms with Gasteiger partial charge < -0.3 is 9.94 Å². The summed E-state index contributed by atoms with van der Waals surface area (Å²) in [7, 11) is 1.06. The smallest absolute Gasteiger partial charge is 0.416 e. The zero-order valence-electron chi connectivity index (χ0n) is 6.33. The van der Waals surface area contributed by atoms with Gasteiger partial charge in [0, 0.05) is 0 Å². The summed E-state index contributed by atoms with van der Waals surface area (Å²) in [6.45, 7) is 1.75. The Labute approximate surface area is 64.1 Å². The average molecular weight is 156 g/mol. The number of carbonyl (C=O) groups is 1. The van der Waals surface area contributed by atoms with Crippen LogP contribution in [0.2, 0.25) is 0 Å². The zero-order chi connectivity index (χ0) is 8.85. The second-order valence-corrected chi connectivity index (χ2v) is 1.68. The molecule has 5 heteroatoms. The molecule has 0 radical (unpaired) electrons. The highest BCUT2D eigenvalue weighted by Gasteiger charge is 2.18. The van der Waals surface area contributed by atoms with E-state index in [-0.39, 0.29) is 11.3 Å². The fraction of sp³-hybridized carbons (Fsp3) is 0.500. The number of hydrogen-bond acceptors (Lipinski definition) is 4. The van der Waals surface area contributed by atoms with Gasteiger partial charge in [-0.25, -0.2) is 4.79 Å². The van der Waals surface area contributed by atoms with Crippen molar-refractivity contribution in [3.8, 4) is 6.07 Å². The number of hydroxylamine groups is 1. The Kier molecular flexibility index (Phi) is 3.67. The van der Waals surface area contributed by atoms with Crippen LogP contribution in [-0.2, 0) is 9.53 Å². The lowest BCUT2D eigenvalue weighted by Gasteiger charge is -1.98. The SMILES string of the molecule is CCOC(=O)/C(C#N)=[N+](/C)[O-]. The molecule has 0 fully saturated rings. The molecule has 0 N–H and O–H groups in total. The van der Waals surface area contributed by atoms with Gasteiger partial charge in [0.15, 0.2) is 6.07 Å². The van der Waals surface area contributed by atoms with Gasteiger partial charge in [0.1, 0.15) is 7.05 Å². The lowest BCUT2D eigenvalue weighted by atomic mass is 10.4. The predicted molar refractivity (Wildman–Crippen MR) is 36.8 cm³/mol. The standard InChI is InChI=1S/C6H8N2O3/c1-3-11-6(9)5(4-7)8(2)10/h3H2,1-2H3/b8-5-. The van der Waals surface area contributed by atoms with E-state index >= 15 is 0 Å². The van der Waals surface area contributed by atoms with E-state index in [0.717, 1.165) is 7.05 Å². The first-order valence-corrected chi connectivity index (χ1v) is 2.98. The van der Waals surface area contributed by atoms with E-state index in [2.05, 4.69) is 4.74 Å². The highest BCUT2D eigenvalue weighted by Crippen LogP contribution is 1.82. The van der Waals surface area contributed by atoms with Crippen LogP contribution in [0, 0.1) is 16.5 Å². The number of rotatable bonds is 2. The molecule has 0 aliphatic carbocycles. The van der Waals surface area contributed by atoms with E-state index in [1.54, 1.807) is 6.92 Å². The van der Waals surface area contributed by atoms with Crippen molar-refractivity contribution >= 4 is 11.7 Å². The molecule has 0 unspecified atom stereocenters. The number of hydrogen-bond donors (Lipinski definition) is 0.